The van der Waals surface area contributed by atoms with E-state index in [1.165, 1.54) is 0 Å². The lowest BCUT2D eigenvalue weighted by Gasteiger charge is -2.29. The number of pyridine rings is 2. The molecular weight excluding hydrogens is 404 g/mol. The fourth-order valence-corrected chi connectivity index (χ4v) is 3.81. The molecule has 4 heterocycles. The van der Waals surface area contributed by atoms with Crippen molar-refractivity contribution in [1.82, 2.24) is 30.0 Å². The summed E-state index contributed by atoms with van der Waals surface area (Å²) in [5, 5.41) is 10.9. The third-order valence-corrected chi connectivity index (χ3v) is 5.58. The highest BCUT2D eigenvalue weighted by molar-refractivity contribution is 5.96. The number of aromatic nitrogens is 4. The molecule has 9 heteroatoms. The topological polar surface area (TPSA) is 91.2 Å². The molecule has 2 N–H and O–H groups in total. The van der Waals surface area contributed by atoms with Crippen LogP contribution in [0.25, 0.3) is 11.3 Å². The number of aryl methyl sites for hydroxylation is 1. The summed E-state index contributed by atoms with van der Waals surface area (Å²) in [6, 6.07) is 9.54. The highest BCUT2D eigenvalue weighted by Crippen LogP contribution is 2.26. The van der Waals surface area contributed by atoms with Gasteiger partial charge in [-0.2, -0.15) is 5.10 Å². The average Bonchev–Trinajstić information content (AvgIpc) is 3.24. The highest BCUT2D eigenvalue weighted by atomic mass is 16.2. The first-order chi connectivity index (χ1) is 15.6. The second kappa shape index (κ2) is 9.78. The zero-order valence-electron chi connectivity index (χ0n) is 18.9. The van der Waals surface area contributed by atoms with Crippen molar-refractivity contribution in [3.05, 3.63) is 48.3 Å². The first-order valence-corrected chi connectivity index (χ1v) is 11.1. The summed E-state index contributed by atoms with van der Waals surface area (Å²) in [6.45, 7) is 8.86. The lowest BCUT2D eigenvalue weighted by molar-refractivity contribution is 0.0773. The molecule has 1 amide bonds. The Kier molecular flexibility index (Phi) is 6.65. The van der Waals surface area contributed by atoms with E-state index in [1.807, 2.05) is 62.3 Å². The second-order valence-corrected chi connectivity index (χ2v) is 7.74. The Labute approximate surface area is 188 Å². The predicted molar refractivity (Wildman–Crippen MR) is 126 cm³/mol. The molecule has 3 aromatic heterocycles. The van der Waals surface area contributed by atoms with Gasteiger partial charge in [-0.05, 0) is 38.1 Å². The van der Waals surface area contributed by atoms with Gasteiger partial charge in [-0.15, -0.1) is 0 Å². The molecule has 0 aromatic carbocycles. The average molecular weight is 435 g/mol. The van der Waals surface area contributed by atoms with Crippen LogP contribution in [0.4, 0.5) is 17.5 Å². The van der Waals surface area contributed by atoms with E-state index in [4.69, 9.17) is 4.98 Å². The number of anilines is 3. The molecule has 4 rings (SSSR count). The Morgan fingerprint density at radius 1 is 1.12 bits per heavy atom. The number of carbonyl (C=O) groups excluding carboxylic acids is 1. The smallest absolute Gasteiger partial charge is 0.254 e. The van der Waals surface area contributed by atoms with Crippen LogP contribution in [0.2, 0.25) is 0 Å². The van der Waals surface area contributed by atoms with Gasteiger partial charge in [-0.3, -0.25) is 9.48 Å². The van der Waals surface area contributed by atoms with Gasteiger partial charge in [-0.1, -0.05) is 0 Å². The lowest BCUT2D eigenvalue weighted by atomic mass is 10.1. The molecule has 0 saturated carbocycles. The Balaban J connectivity index is 1.71. The minimum Gasteiger partial charge on any atom is -0.354 e. The van der Waals surface area contributed by atoms with Crippen molar-refractivity contribution >= 4 is 23.4 Å². The van der Waals surface area contributed by atoms with Crippen molar-refractivity contribution in [2.24, 2.45) is 7.05 Å². The molecule has 0 radical (unpaired) electrons. The van der Waals surface area contributed by atoms with Gasteiger partial charge in [0.2, 0.25) is 0 Å². The van der Waals surface area contributed by atoms with E-state index in [0.717, 1.165) is 49.1 Å². The van der Waals surface area contributed by atoms with Crippen LogP contribution in [-0.2, 0) is 7.05 Å². The summed E-state index contributed by atoms with van der Waals surface area (Å²) >= 11 is 0. The number of nitrogens with zero attached hydrogens (tertiary/aromatic N) is 6. The van der Waals surface area contributed by atoms with E-state index in [0.29, 0.717) is 24.5 Å². The molecule has 32 heavy (non-hydrogen) atoms. The van der Waals surface area contributed by atoms with Crippen molar-refractivity contribution in [2.45, 2.75) is 13.8 Å². The summed E-state index contributed by atoms with van der Waals surface area (Å²) in [5.41, 5.74) is 2.30. The van der Waals surface area contributed by atoms with Crippen LogP contribution in [0.1, 0.15) is 24.2 Å². The summed E-state index contributed by atoms with van der Waals surface area (Å²) in [4.78, 5) is 26.6. The van der Waals surface area contributed by atoms with Crippen LogP contribution >= 0.6 is 0 Å². The van der Waals surface area contributed by atoms with E-state index in [9.17, 15) is 4.79 Å². The van der Waals surface area contributed by atoms with Crippen LogP contribution < -0.4 is 15.5 Å². The van der Waals surface area contributed by atoms with E-state index in [-0.39, 0.29) is 5.91 Å². The lowest BCUT2D eigenvalue weighted by Crippen LogP contribution is -2.44. The number of rotatable bonds is 7. The van der Waals surface area contributed by atoms with E-state index < -0.39 is 0 Å². The zero-order chi connectivity index (χ0) is 22.5. The maximum absolute atomic E-state index is 13.2. The van der Waals surface area contributed by atoms with Crippen molar-refractivity contribution in [2.75, 3.05) is 49.5 Å². The zero-order valence-corrected chi connectivity index (χ0v) is 18.9. The monoisotopic (exact) mass is 434 g/mol. The molecular formula is C23H30N8O. The summed E-state index contributed by atoms with van der Waals surface area (Å²) in [6.07, 6.45) is 3.61. The van der Waals surface area contributed by atoms with Crippen LogP contribution in [0.5, 0.6) is 0 Å². The van der Waals surface area contributed by atoms with Crippen LogP contribution in [0, 0.1) is 0 Å². The minimum atomic E-state index is 0.0240. The minimum absolute atomic E-state index is 0.0240. The van der Waals surface area contributed by atoms with Crippen molar-refractivity contribution in [1.29, 1.82) is 0 Å². The second-order valence-electron chi connectivity index (χ2n) is 7.74. The molecule has 168 valence electrons. The fourth-order valence-electron chi connectivity index (χ4n) is 3.81. The Morgan fingerprint density at radius 2 is 1.91 bits per heavy atom. The fraction of sp³-hybridized carbons (Fsp3) is 0.391. The largest absolute Gasteiger partial charge is 0.354 e. The number of amides is 1. The molecule has 1 fully saturated rings. The number of nitrogens with one attached hydrogen (secondary N) is 2. The van der Waals surface area contributed by atoms with Gasteiger partial charge in [0.15, 0.2) is 5.82 Å². The van der Waals surface area contributed by atoms with Gasteiger partial charge >= 0.3 is 0 Å². The van der Waals surface area contributed by atoms with Gasteiger partial charge in [-0.25, -0.2) is 9.97 Å². The Morgan fingerprint density at radius 3 is 2.59 bits per heavy atom. The molecule has 0 atom stereocenters. The maximum Gasteiger partial charge on any atom is 0.254 e. The maximum atomic E-state index is 13.2. The number of piperazine rings is 1. The molecule has 3 aromatic rings. The van der Waals surface area contributed by atoms with Crippen LogP contribution in [0.15, 0.2) is 42.7 Å². The molecule has 0 unspecified atom stereocenters. The van der Waals surface area contributed by atoms with E-state index in [2.05, 4.69) is 25.6 Å². The molecule has 1 aliphatic rings. The number of carbonyl (C=O) groups is 1. The SMILES string of the molecule is CCN(CC)C(=O)c1cc(-c2ccnc(Nc3ccn(C)n3)c2)nc(N2CCNCC2)c1. The van der Waals surface area contributed by atoms with Gasteiger partial charge in [0.05, 0.1) is 5.69 Å². The first kappa shape index (κ1) is 21.8. The first-order valence-electron chi connectivity index (χ1n) is 11.1. The van der Waals surface area contributed by atoms with E-state index in [1.54, 1.807) is 10.9 Å². The van der Waals surface area contributed by atoms with Gasteiger partial charge in [0.25, 0.3) is 5.91 Å². The van der Waals surface area contributed by atoms with Crippen molar-refractivity contribution in [3.8, 4) is 11.3 Å². The molecule has 1 saturated heterocycles. The van der Waals surface area contributed by atoms with Gasteiger partial charge < -0.3 is 20.4 Å². The Bertz CT molecular complexity index is 1070. The molecule has 1 aliphatic heterocycles. The van der Waals surface area contributed by atoms with E-state index >= 15 is 0 Å². The molecule has 9 nitrogen and oxygen atoms in total. The van der Waals surface area contributed by atoms with Gasteiger partial charge in [0, 0.05) is 75.9 Å². The summed E-state index contributed by atoms with van der Waals surface area (Å²) in [7, 11) is 1.87. The number of hydrogen-bond donors (Lipinski definition) is 2. The third kappa shape index (κ3) is 4.88. The Hall–Kier alpha value is -3.46. The normalized spacial score (nSPS) is 13.8. The summed E-state index contributed by atoms with van der Waals surface area (Å²) in [5.74, 6) is 2.25. The predicted octanol–water partition coefficient (Wildman–Crippen LogP) is 2.51. The van der Waals surface area contributed by atoms with Crippen molar-refractivity contribution < 1.29 is 4.79 Å². The highest BCUT2D eigenvalue weighted by Gasteiger charge is 2.19. The van der Waals surface area contributed by atoms with Crippen molar-refractivity contribution in [3.63, 3.8) is 0 Å². The number of hydrogen-bond acceptors (Lipinski definition) is 7. The molecule has 0 spiro atoms. The third-order valence-electron chi connectivity index (χ3n) is 5.58. The summed E-state index contributed by atoms with van der Waals surface area (Å²) < 4.78 is 1.73. The molecule has 0 bridgehead atoms. The molecule has 0 aliphatic carbocycles. The van der Waals surface area contributed by atoms with Crippen LogP contribution in [-0.4, -0.2) is 69.8 Å². The standard InChI is InChI=1S/C23H30N8O/c1-4-30(5-2)23(32)18-14-19(26-22(16-18)31-12-9-24-10-13-31)17-6-8-25-21(15-17)27-20-7-11-29(3)28-20/h6-8,11,14-16,24H,4-5,9-10,12-13H2,1-3H3,(H,25,27,28). The van der Waals surface area contributed by atoms with Gasteiger partial charge in [0.1, 0.15) is 11.6 Å². The quantitative estimate of drug-likeness (QED) is 0.590. The van der Waals surface area contributed by atoms with Crippen LogP contribution in [0.3, 0.4) is 0 Å².